The Labute approximate surface area is 111 Å². The first-order valence-corrected chi connectivity index (χ1v) is 6.49. The Morgan fingerprint density at radius 3 is 2.65 bits per heavy atom. The molecule has 0 aliphatic heterocycles. The summed E-state index contributed by atoms with van der Waals surface area (Å²) in [5, 5.41) is 9.61. The van der Waals surface area contributed by atoms with Crippen LogP contribution in [-0.4, -0.2) is 17.3 Å². The van der Waals surface area contributed by atoms with Gasteiger partial charge in [-0.25, -0.2) is 0 Å². The molecule has 0 saturated heterocycles. The average molecular weight is 302 g/mol. The minimum absolute atomic E-state index is 0.0790. The van der Waals surface area contributed by atoms with Crippen LogP contribution < -0.4 is 10.5 Å². The van der Waals surface area contributed by atoms with E-state index >= 15 is 0 Å². The molecule has 0 saturated carbocycles. The molecule has 1 atom stereocenters. The first-order chi connectivity index (χ1) is 7.79. The SMILES string of the molecule is C[C@@H](N)c1cc(Br)ccc1OCCC(C)(C)O. The third-order valence-corrected chi connectivity index (χ3v) is 2.93. The molecule has 3 nitrogen and oxygen atoms in total. The van der Waals surface area contributed by atoms with E-state index in [-0.39, 0.29) is 6.04 Å². The number of benzene rings is 1. The van der Waals surface area contributed by atoms with Gasteiger partial charge in [0.1, 0.15) is 5.75 Å². The lowest BCUT2D eigenvalue weighted by Crippen LogP contribution is -2.22. The van der Waals surface area contributed by atoms with E-state index in [1.807, 2.05) is 25.1 Å². The minimum Gasteiger partial charge on any atom is -0.493 e. The van der Waals surface area contributed by atoms with Crippen LogP contribution >= 0.6 is 15.9 Å². The van der Waals surface area contributed by atoms with Gasteiger partial charge in [0.2, 0.25) is 0 Å². The highest BCUT2D eigenvalue weighted by atomic mass is 79.9. The van der Waals surface area contributed by atoms with Crippen molar-refractivity contribution < 1.29 is 9.84 Å². The molecule has 0 amide bonds. The summed E-state index contributed by atoms with van der Waals surface area (Å²) in [5.74, 6) is 0.785. The molecule has 4 heteroatoms. The van der Waals surface area contributed by atoms with Crippen molar-refractivity contribution in [3.05, 3.63) is 28.2 Å². The van der Waals surface area contributed by atoms with Gasteiger partial charge in [-0.1, -0.05) is 15.9 Å². The second kappa shape index (κ2) is 5.85. The van der Waals surface area contributed by atoms with Gasteiger partial charge in [-0.05, 0) is 39.0 Å². The summed E-state index contributed by atoms with van der Waals surface area (Å²) in [4.78, 5) is 0. The Bertz CT molecular complexity index is 372. The van der Waals surface area contributed by atoms with Crippen molar-refractivity contribution in [2.45, 2.75) is 38.8 Å². The van der Waals surface area contributed by atoms with E-state index in [1.165, 1.54) is 0 Å². The molecule has 0 unspecified atom stereocenters. The highest BCUT2D eigenvalue weighted by Crippen LogP contribution is 2.27. The number of hydrogen-bond donors (Lipinski definition) is 2. The van der Waals surface area contributed by atoms with E-state index < -0.39 is 5.60 Å². The van der Waals surface area contributed by atoms with Gasteiger partial charge >= 0.3 is 0 Å². The van der Waals surface area contributed by atoms with Crippen molar-refractivity contribution in [2.75, 3.05) is 6.61 Å². The molecule has 0 heterocycles. The monoisotopic (exact) mass is 301 g/mol. The van der Waals surface area contributed by atoms with Crippen molar-refractivity contribution in [3.63, 3.8) is 0 Å². The van der Waals surface area contributed by atoms with Gasteiger partial charge in [-0.3, -0.25) is 0 Å². The Morgan fingerprint density at radius 2 is 2.12 bits per heavy atom. The van der Waals surface area contributed by atoms with Crippen molar-refractivity contribution in [3.8, 4) is 5.75 Å². The van der Waals surface area contributed by atoms with Crippen LogP contribution in [-0.2, 0) is 0 Å². The third-order valence-electron chi connectivity index (χ3n) is 2.43. The quantitative estimate of drug-likeness (QED) is 0.879. The topological polar surface area (TPSA) is 55.5 Å². The maximum Gasteiger partial charge on any atom is 0.124 e. The lowest BCUT2D eigenvalue weighted by Gasteiger charge is -2.19. The fraction of sp³-hybridized carbons (Fsp3) is 0.538. The number of aliphatic hydroxyl groups is 1. The number of rotatable bonds is 5. The first kappa shape index (κ1) is 14.5. The molecule has 1 rings (SSSR count). The molecule has 3 N–H and O–H groups in total. The zero-order valence-corrected chi connectivity index (χ0v) is 12.1. The molecule has 0 fully saturated rings. The molecule has 17 heavy (non-hydrogen) atoms. The van der Waals surface area contributed by atoms with Crippen LogP contribution in [0.1, 0.15) is 38.8 Å². The molecule has 1 aromatic rings. The van der Waals surface area contributed by atoms with Gasteiger partial charge < -0.3 is 15.6 Å². The van der Waals surface area contributed by atoms with Crippen LogP contribution in [0.15, 0.2) is 22.7 Å². The lowest BCUT2D eigenvalue weighted by molar-refractivity contribution is 0.0551. The Hall–Kier alpha value is -0.580. The summed E-state index contributed by atoms with van der Waals surface area (Å²) < 4.78 is 6.65. The Morgan fingerprint density at radius 1 is 1.47 bits per heavy atom. The Balaban J connectivity index is 2.70. The zero-order chi connectivity index (χ0) is 13.1. The molecular weight excluding hydrogens is 282 g/mol. The van der Waals surface area contributed by atoms with E-state index in [0.717, 1.165) is 15.8 Å². The van der Waals surface area contributed by atoms with E-state index in [2.05, 4.69) is 15.9 Å². The molecule has 0 radical (unpaired) electrons. The van der Waals surface area contributed by atoms with E-state index in [4.69, 9.17) is 10.5 Å². The number of nitrogens with two attached hydrogens (primary N) is 1. The van der Waals surface area contributed by atoms with Crippen LogP contribution in [0.25, 0.3) is 0 Å². The maximum atomic E-state index is 9.61. The van der Waals surface area contributed by atoms with E-state index in [1.54, 1.807) is 13.8 Å². The van der Waals surface area contributed by atoms with E-state index in [0.29, 0.717) is 13.0 Å². The standard InChI is InChI=1S/C13H20BrNO2/c1-9(15)11-8-10(14)4-5-12(11)17-7-6-13(2,3)16/h4-5,8-9,16H,6-7,15H2,1-3H3/t9-/m1/s1. The van der Waals surface area contributed by atoms with Crippen LogP contribution in [0.4, 0.5) is 0 Å². The third kappa shape index (κ3) is 5.06. The average Bonchev–Trinajstić information content (AvgIpc) is 2.18. The summed E-state index contributed by atoms with van der Waals surface area (Å²) in [6.07, 6.45) is 0.585. The summed E-state index contributed by atoms with van der Waals surface area (Å²) >= 11 is 3.41. The summed E-state index contributed by atoms with van der Waals surface area (Å²) in [6, 6.07) is 5.70. The molecule has 0 spiro atoms. The maximum absolute atomic E-state index is 9.61. The second-order valence-electron chi connectivity index (χ2n) is 4.88. The predicted molar refractivity (Wildman–Crippen MR) is 73.2 cm³/mol. The molecule has 0 aliphatic carbocycles. The zero-order valence-electron chi connectivity index (χ0n) is 10.5. The normalized spacial score (nSPS) is 13.5. The molecule has 0 aromatic heterocycles. The number of hydrogen-bond acceptors (Lipinski definition) is 3. The summed E-state index contributed by atoms with van der Waals surface area (Å²) in [5.41, 5.74) is 6.15. The largest absolute Gasteiger partial charge is 0.493 e. The van der Waals surface area contributed by atoms with Gasteiger partial charge in [0.05, 0.1) is 12.2 Å². The fourth-order valence-electron chi connectivity index (χ4n) is 1.42. The Kier molecular flexibility index (Phi) is 4.98. The highest BCUT2D eigenvalue weighted by Gasteiger charge is 2.14. The van der Waals surface area contributed by atoms with Crippen LogP contribution in [0.2, 0.25) is 0 Å². The predicted octanol–water partition coefficient (Wildman–Crippen LogP) is 3.01. The smallest absolute Gasteiger partial charge is 0.124 e. The molecule has 1 aromatic carbocycles. The van der Waals surface area contributed by atoms with Crippen LogP contribution in [0.5, 0.6) is 5.75 Å². The lowest BCUT2D eigenvalue weighted by atomic mass is 10.1. The van der Waals surface area contributed by atoms with Crippen LogP contribution in [0, 0.1) is 0 Å². The van der Waals surface area contributed by atoms with Gasteiger partial charge in [-0.15, -0.1) is 0 Å². The minimum atomic E-state index is -0.705. The van der Waals surface area contributed by atoms with Crippen LogP contribution in [0.3, 0.4) is 0 Å². The van der Waals surface area contributed by atoms with Gasteiger partial charge in [0.25, 0.3) is 0 Å². The molecule has 0 bridgehead atoms. The van der Waals surface area contributed by atoms with E-state index in [9.17, 15) is 5.11 Å². The molecule has 0 aliphatic rings. The summed E-state index contributed by atoms with van der Waals surface area (Å²) in [6.45, 7) is 5.93. The first-order valence-electron chi connectivity index (χ1n) is 5.70. The van der Waals surface area contributed by atoms with Gasteiger partial charge in [-0.2, -0.15) is 0 Å². The second-order valence-corrected chi connectivity index (χ2v) is 5.80. The fourth-order valence-corrected chi connectivity index (χ4v) is 1.80. The molecule has 96 valence electrons. The van der Waals surface area contributed by atoms with Gasteiger partial charge in [0, 0.05) is 22.5 Å². The number of halogens is 1. The van der Waals surface area contributed by atoms with Crippen molar-refractivity contribution in [2.24, 2.45) is 5.73 Å². The molecular formula is C13H20BrNO2. The number of ether oxygens (including phenoxy) is 1. The highest BCUT2D eigenvalue weighted by molar-refractivity contribution is 9.10. The van der Waals surface area contributed by atoms with Crippen molar-refractivity contribution >= 4 is 15.9 Å². The van der Waals surface area contributed by atoms with Gasteiger partial charge in [0.15, 0.2) is 0 Å². The van der Waals surface area contributed by atoms with Crippen molar-refractivity contribution in [1.82, 2.24) is 0 Å². The summed E-state index contributed by atoms with van der Waals surface area (Å²) in [7, 11) is 0. The van der Waals surface area contributed by atoms with Crippen molar-refractivity contribution in [1.29, 1.82) is 0 Å².